The summed E-state index contributed by atoms with van der Waals surface area (Å²) >= 11 is 1.60. The average Bonchev–Trinajstić information content (AvgIpc) is 3.19. The summed E-state index contributed by atoms with van der Waals surface area (Å²) in [6.45, 7) is 7.05. The molecule has 27 heavy (non-hydrogen) atoms. The maximum atomic E-state index is 10.6. The molecule has 0 aliphatic heterocycles. The predicted molar refractivity (Wildman–Crippen MR) is 127 cm³/mol. The fourth-order valence-electron chi connectivity index (χ4n) is 3.48. The first-order chi connectivity index (χ1) is 12.5. The van der Waals surface area contributed by atoms with E-state index in [1.807, 2.05) is 23.8 Å². The van der Waals surface area contributed by atoms with Gasteiger partial charge < -0.3 is 20.6 Å². The van der Waals surface area contributed by atoms with Gasteiger partial charge in [-0.3, -0.25) is 0 Å². The van der Waals surface area contributed by atoms with E-state index in [0.29, 0.717) is 6.54 Å². The normalized spacial score (nSPS) is 18.0. The van der Waals surface area contributed by atoms with Gasteiger partial charge in [-0.15, -0.1) is 24.0 Å². The van der Waals surface area contributed by atoms with E-state index in [9.17, 15) is 5.11 Å². The summed E-state index contributed by atoms with van der Waals surface area (Å²) in [5.74, 6) is 0.781. The number of rotatable bonds is 9. The Hall–Kier alpha value is -0.380. The predicted octanol–water partition coefficient (Wildman–Crippen LogP) is 3.78. The molecule has 5 nitrogen and oxygen atoms in total. The van der Waals surface area contributed by atoms with Gasteiger partial charge in [0.15, 0.2) is 5.96 Å². The standard InChI is InChI=1S/C20H36N4OS.HI/c1-4-21-19(23-16-20(2,25)17-11-14-26-15-17)22-12-8-13-24(3)18-9-6-5-7-10-18;/h11,14-15,18,25H,4-10,12-13,16H2,1-3H3,(H2,21,22,23);1H. The zero-order chi connectivity index (χ0) is 18.8. The van der Waals surface area contributed by atoms with Crippen molar-refractivity contribution in [2.24, 2.45) is 4.99 Å². The summed E-state index contributed by atoms with van der Waals surface area (Å²) in [5, 5.41) is 21.3. The zero-order valence-electron chi connectivity index (χ0n) is 17.0. The topological polar surface area (TPSA) is 59.9 Å². The zero-order valence-corrected chi connectivity index (χ0v) is 20.2. The van der Waals surface area contributed by atoms with Gasteiger partial charge in [-0.05, 0) is 69.1 Å². The van der Waals surface area contributed by atoms with Gasteiger partial charge in [-0.25, -0.2) is 4.99 Å². The third-order valence-corrected chi connectivity index (χ3v) is 5.89. The lowest BCUT2D eigenvalue weighted by Crippen LogP contribution is -2.40. The van der Waals surface area contributed by atoms with Crippen molar-refractivity contribution in [3.05, 3.63) is 22.4 Å². The van der Waals surface area contributed by atoms with Gasteiger partial charge >= 0.3 is 0 Å². The van der Waals surface area contributed by atoms with Gasteiger partial charge in [0.2, 0.25) is 0 Å². The van der Waals surface area contributed by atoms with Crippen LogP contribution in [0.25, 0.3) is 0 Å². The maximum absolute atomic E-state index is 10.6. The second kappa shape index (κ2) is 13.0. The Morgan fingerprint density at radius 3 is 2.70 bits per heavy atom. The van der Waals surface area contributed by atoms with Crippen LogP contribution in [0.15, 0.2) is 21.8 Å². The van der Waals surface area contributed by atoms with Crippen LogP contribution in [-0.4, -0.2) is 55.2 Å². The van der Waals surface area contributed by atoms with Gasteiger partial charge in [-0.2, -0.15) is 11.3 Å². The number of hydrogen-bond donors (Lipinski definition) is 3. The van der Waals surface area contributed by atoms with Crippen molar-refractivity contribution in [2.75, 3.05) is 33.2 Å². The number of guanidine groups is 1. The van der Waals surface area contributed by atoms with Crippen LogP contribution in [-0.2, 0) is 5.60 Å². The van der Waals surface area contributed by atoms with Crippen molar-refractivity contribution < 1.29 is 5.11 Å². The Morgan fingerprint density at radius 2 is 2.07 bits per heavy atom. The van der Waals surface area contributed by atoms with E-state index in [1.54, 1.807) is 11.3 Å². The molecule has 0 radical (unpaired) electrons. The first-order valence-corrected chi connectivity index (χ1v) is 10.9. The van der Waals surface area contributed by atoms with Crippen LogP contribution in [0.5, 0.6) is 0 Å². The molecular weight excluding hydrogens is 471 g/mol. The molecule has 0 spiro atoms. The molecular formula is C20H37IN4OS. The molecule has 0 saturated heterocycles. The number of halogens is 1. The van der Waals surface area contributed by atoms with Crippen molar-refractivity contribution in [1.82, 2.24) is 15.5 Å². The molecule has 1 saturated carbocycles. The Bertz CT molecular complexity index is 530. The van der Waals surface area contributed by atoms with Gasteiger partial charge in [0.1, 0.15) is 5.60 Å². The van der Waals surface area contributed by atoms with E-state index in [0.717, 1.165) is 43.6 Å². The van der Waals surface area contributed by atoms with E-state index >= 15 is 0 Å². The van der Waals surface area contributed by atoms with E-state index < -0.39 is 5.60 Å². The third-order valence-electron chi connectivity index (χ3n) is 5.21. The van der Waals surface area contributed by atoms with E-state index in [-0.39, 0.29) is 24.0 Å². The lowest BCUT2D eigenvalue weighted by atomic mass is 9.94. The quantitative estimate of drug-likeness (QED) is 0.206. The minimum absolute atomic E-state index is 0. The molecule has 0 amide bonds. The van der Waals surface area contributed by atoms with Gasteiger partial charge in [0.05, 0.1) is 6.54 Å². The Balaban J connectivity index is 0.00000364. The molecule has 0 aromatic carbocycles. The fraction of sp³-hybridized carbons (Fsp3) is 0.750. The van der Waals surface area contributed by atoms with Crippen molar-refractivity contribution in [1.29, 1.82) is 0 Å². The molecule has 7 heteroatoms. The van der Waals surface area contributed by atoms with E-state index in [4.69, 9.17) is 0 Å². The summed E-state index contributed by atoms with van der Waals surface area (Å²) in [7, 11) is 2.26. The number of aliphatic imine (C=N–C) groups is 1. The Kier molecular flexibility index (Phi) is 11.8. The molecule has 2 rings (SSSR count). The summed E-state index contributed by atoms with van der Waals surface area (Å²) in [5.41, 5.74) is 0.00000944. The molecule has 1 aromatic heterocycles. The summed E-state index contributed by atoms with van der Waals surface area (Å²) in [6, 6.07) is 2.73. The van der Waals surface area contributed by atoms with E-state index in [2.05, 4.69) is 34.5 Å². The summed E-state index contributed by atoms with van der Waals surface area (Å²) in [6.07, 6.45) is 7.97. The average molecular weight is 509 g/mol. The SMILES string of the molecule is CCNC(=NCC(C)(O)c1ccsc1)NCCCN(C)C1CCCCC1.I. The van der Waals surface area contributed by atoms with Gasteiger partial charge in [0.25, 0.3) is 0 Å². The molecule has 0 bridgehead atoms. The summed E-state index contributed by atoms with van der Waals surface area (Å²) < 4.78 is 0. The molecule has 1 fully saturated rings. The number of aliphatic hydroxyl groups is 1. The van der Waals surface area contributed by atoms with Crippen LogP contribution >= 0.6 is 35.3 Å². The first-order valence-electron chi connectivity index (χ1n) is 10.0. The van der Waals surface area contributed by atoms with Crippen LogP contribution in [0.4, 0.5) is 0 Å². The lowest BCUT2D eigenvalue weighted by Gasteiger charge is -2.31. The van der Waals surface area contributed by atoms with Crippen LogP contribution in [0, 0.1) is 0 Å². The molecule has 156 valence electrons. The highest BCUT2D eigenvalue weighted by Gasteiger charge is 2.23. The molecule has 1 aliphatic rings. The summed E-state index contributed by atoms with van der Waals surface area (Å²) in [4.78, 5) is 7.10. The molecule has 1 aromatic rings. The highest BCUT2D eigenvalue weighted by atomic mass is 127. The molecule has 3 N–H and O–H groups in total. The van der Waals surface area contributed by atoms with Crippen LogP contribution < -0.4 is 10.6 Å². The Labute approximate surface area is 186 Å². The van der Waals surface area contributed by atoms with Crippen molar-refractivity contribution >= 4 is 41.3 Å². The van der Waals surface area contributed by atoms with E-state index in [1.165, 1.54) is 32.1 Å². The van der Waals surface area contributed by atoms with Crippen LogP contribution in [0.3, 0.4) is 0 Å². The number of hydrogen-bond acceptors (Lipinski definition) is 4. The van der Waals surface area contributed by atoms with Crippen molar-refractivity contribution in [2.45, 2.75) is 64.0 Å². The minimum Gasteiger partial charge on any atom is -0.383 e. The highest BCUT2D eigenvalue weighted by Crippen LogP contribution is 2.23. The van der Waals surface area contributed by atoms with Crippen molar-refractivity contribution in [3.63, 3.8) is 0 Å². The smallest absolute Gasteiger partial charge is 0.191 e. The largest absolute Gasteiger partial charge is 0.383 e. The Morgan fingerprint density at radius 1 is 1.33 bits per heavy atom. The van der Waals surface area contributed by atoms with Crippen molar-refractivity contribution in [3.8, 4) is 0 Å². The maximum Gasteiger partial charge on any atom is 0.191 e. The third kappa shape index (κ3) is 8.66. The van der Waals surface area contributed by atoms with Gasteiger partial charge in [-0.1, -0.05) is 19.3 Å². The monoisotopic (exact) mass is 508 g/mol. The van der Waals surface area contributed by atoms with Gasteiger partial charge in [0, 0.05) is 19.1 Å². The molecule has 1 aliphatic carbocycles. The highest BCUT2D eigenvalue weighted by molar-refractivity contribution is 14.0. The van der Waals surface area contributed by atoms with Crippen LogP contribution in [0.1, 0.15) is 57.9 Å². The number of nitrogens with one attached hydrogen (secondary N) is 2. The molecule has 1 unspecified atom stereocenters. The molecule has 1 heterocycles. The molecule has 1 atom stereocenters. The first kappa shape index (κ1) is 24.7. The minimum atomic E-state index is -0.927. The second-order valence-corrected chi connectivity index (χ2v) is 8.31. The fourth-order valence-corrected chi connectivity index (χ4v) is 4.26. The second-order valence-electron chi connectivity index (χ2n) is 7.53. The number of nitrogens with zero attached hydrogens (tertiary/aromatic N) is 2. The lowest BCUT2D eigenvalue weighted by molar-refractivity contribution is 0.0677. The number of thiophene rings is 1. The van der Waals surface area contributed by atoms with Crippen LogP contribution in [0.2, 0.25) is 0 Å².